The molecule has 0 amide bonds. The fourth-order valence-corrected chi connectivity index (χ4v) is 2.47. The van der Waals surface area contributed by atoms with Crippen molar-refractivity contribution in [1.29, 1.82) is 0 Å². The molecule has 0 fully saturated rings. The second-order valence-corrected chi connectivity index (χ2v) is 6.28. The molecular formula is C14H22O4S. The van der Waals surface area contributed by atoms with Crippen LogP contribution in [-0.2, 0) is 21.3 Å². The Kier molecular flexibility index (Phi) is 5.97. The summed E-state index contributed by atoms with van der Waals surface area (Å²) in [7, 11) is -2.41. The van der Waals surface area contributed by atoms with Crippen molar-refractivity contribution in [2.45, 2.75) is 50.5 Å². The molecule has 0 aliphatic carbocycles. The van der Waals surface area contributed by atoms with Gasteiger partial charge in [-0.25, -0.2) is 0 Å². The van der Waals surface area contributed by atoms with Crippen LogP contribution >= 0.6 is 0 Å². The van der Waals surface area contributed by atoms with Gasteiger partial charge in [0.2, 0.25) is 0 Å². The van der Waals surface area contributed by atoms with Gasteiger partial charge in [0.05, 0.1) is 11.0 Å². The molecule has 0 radical (unpaired) electrons. The number of methoxy groups -OCH3 is 1. The SMILES string of the molecule is COC(C)CCCCc1cc(S(=O)(=O)O)ccc1C. The van der Waals surface area contributed by atoms with Gasteiger partial charge in [-0.3, -0.25) is 4.55 Å². The Balaban J connectivity index is 2.63. The molecule has 1 aromatic rings. The average molecular weight is 286 g/mol. The molecule has 0 saturated carbocycles. The van der Waals surface area contributed by atoms with E-state index in [9.17, 15) is 8.42 Å². The van der Waals surface area contributed by atoms with Crippen LogP contribution in [0.2, 0.25) is 0 Å². The quantitative estimate of drug-likeness (QED) is 0.618. The van der Waals surface area contributed by atoms with Crippen LogP contribution in [-0.4, -0.2) is 26.2 Å². The molecular weight excluding hydrogens is 264 g/mol. The minimum absolute atomic E-state index is 0.0293. The van der Waals surface area contributed by atoms with Gasteiger partial charge in [-0.1, -0.05) is 12.5 Å². The van der Waals surface area contributed by atoms with Crippen LogP contribution in [0.4, 0.5) is 0 Å². The van der Waals surface area contributed by atoms with E-state index >= 15 is 0 Å². The molecule has 0 spiro atoms. The monoisotopic (exact) mass is 286 g/mol. The zero-order valence-electron chi connectivity index (χ0n) is 11.7. The number of rotatable bonds is 7. The van der Waals surface area contributed by atoms with E-state index in [0.29, 0.717) is 0 Å². The van der Waals surface area contributed by atoms with E-state index in [0.717, 1.165) is 36.8 Å². The van der Waals surface area contributed by atoms with Crippen molar-refractivity contribution in [2.75, 3.05) is 7.11 Å². The Labute approximate surface area is 115 Å². The van der Waals surface area contributed by atoms with Crippen molar-refractivity contribution in [1.82, 2.24) is 0 Å². The molecule has 1 unspecified atom stereocenters. The van der Waals surface area contributed by atoms with Gasteiger partial charge in [0, 0.05) is 7.11 Å². The lowest BCUT2D eigenvalue weighted by Gasteiger charge is -2.10. The third-order valence-electron chi connectivity index (χ3n) is 3.33. The third kappa shape index (κ3) is 5.30. The molecule has 0 aliphatic heterocycles. The lowest BCUT2D eigenvalue weighted by atomic mass is 10.0. The average Bonchev–Trinajstić information content (AvgIpc) is 2.34. The molecule has 5 heteroatoms. The number of ether oxygens (including phenoxy) is 1. The summed E-state index contributed by atoms with van der Waals surface area (Å²) in [5.41, 5.74) is 2.02. The first-order valence-electron chi connectivity index (χ1n) is 6.44. The maximum Gasteiger partial charge on any atom is 0.294 e. The van der Waals surface area contributed by atoms with Crippen LogP contribution in [0.3, 0.4) is 0 Å². The third-order valence-corrected chi connectivity index (χ3v) is 4.18. The van der Waals surface area contributed by atoms with E-state index in [1.807, 2.05) is 13.8 Å². The summed E-state index contributed by atoms with van der Waals surface area (Å²) >= 11 is 0. The molecule has 1 atom stereocenters. The van der Waals surface area contributed by atoms with Crippen LogP contribution in [0, 0.1) is 6.92 Å². The number of benzene rings is 1. The van der Waals surface area contributed by atoms with Crippen LogP contribution in [0.5, 0.6) is 0 Å². The Morgan fingerprint density at radius 1 is 1.32 bits per heavy atom. The molecule has 0 saturated heterocycles. The topological polar surface area (TPSA) is 63.6 Å². The van der Waals surface area contributed by atoms with E-state index in [2.05, 4.69) is 0 Å². The van der Waals surface area contributed by atoms with Crippen molar-refractivity contribution in [3.63, 3.8) is 0 Å². The second kappa shape index (κ2) is 7.03. The molecule has 0 bridgehead atoms. The highest BCUT2D eigenvalue weighted by Crippen LogP contribution is 2.18. The van der Waals surface area contributed by atoms with Gasteiger partial charge in [-0.2, -0.15) is 8.42 Å². The molecule has 0 aromatic heterocycles. The van der Waals surface area contributed by atoms with Gasteiger partial charge >= 0.3 is 0 Å². The molecule has 19 heavy (non-hydrogen) atoms. The van der Waals surface area contributed by atoms with Gasteiger partial charge in [-0.15, -0.1) is 0 Å². The molecule has 0 heterocycles. The van der Waals surface area contributed by atoms with Crippen molar-refractivity contribution in [3.8, 4) is 0 Å². The van der Waals surface area contributed by atoms with Crippen LogP contribution in [0.1, 0.15) is 37.3 Å². The van der Waals surface area contributed by atoms with Crippen molar-refractivity contribution < 1.29 is 17.7 Å². The standard InChI is InChI=1S/C14H22O4S/c1-11-8-9-14(19(15,16)17)10-13(11)7-5-4-6-12(2)18-3/h8-10,12H,4-7H2,1-3H3,(H,15,16,17). The van der Waals surface area contributed by atoms with Crippen molar-refractivity contribution >= 4 is 10.1 Å². The lowest BCUT2D eigenvalue weighted by Crippen LogP contribution is -2.04. The van der Waals surface area contributed by atoms with Gasteiger partial charge in [-0.05, 0) is 56.4 Å². The summed E-state index contributed by atoms with van der Waals surface area (Å²) < 4.78 is 36.4. The first-order valence-corrected chi connectivity index (χ1v) is 7.88. The highest BCUT2D eigenvalue weighted by Gasteiger charge is 2.11. The predicted octanol–water partition coefficient (Wildman–Crippen LogP) is 2.99. The maximum absolute atomic E-state index is 11.1. The minimum Gasteiger partial charge on any atom is -0.382 e. The van der Waals surface area contributed by atoms with Gasteiger partial charge in [0.1, 0.15) is 0 Å². The fraction of sp³-hybridized carbons (Fsp3) is 0.571. The minimum atomic E-state index is -4.11. The van der Waals surface area contributed by atoms with Crippen molar-refractivity contribution in [3.05, 3.63) is 29.3 Å². The van der Waals surface area contributed by atoms with E-state index in [-0.39, 0.29) is 11.0 Å². The number of aryl methyl sites for hydroxylation is 2. The normalized spacial score (nSPS) is 13.5. The summed E-state index contributed by atoms with van der Waals surface area (Å²) in [5.74, 6) is 0. The summed E-state index contributed by atoms with van der Waals surface area (Å²) in [6.07, 6.45) is 4.07. The van der Waals surface area contributed by atoms with Gasteiger partial charge in [0.15, 0.2) is 0 Å². The van der Waals surface area contributed by atoms with E-state index < -0.39 is 10.1 Å². The molecule has 4 nitrogen and oxygen atoms in total. The maximum atomic E-state index is 11.1. The zero-order valence-corrected chi connectivity index (χ0v) is 12.5. The Morgan fingerprint density at radius 3 is 2.58 bits per heavy atom. The highest BCUT2D eigenvalue weighted by molar-refractivity contribution is 7.85. The molecule has 1 aromatic carbocycles. The zero-order chi connectivity index (χ0) is 14.5. The summed E-state index contributed by atoms with van der Waals surface area (Å²) in [6.45, 7) is 3.98. The van der Waals surface area contributed by atoms with E-state index in [4.69, 9.17) is 9.29 Å². The molecule has 0 aliphatic rings. The number of unbranched alkanes of at least 4 members (excludes halogenated alkanes) is 1. The Hall–Kier alpha value is -0.910. The van der Waals surface area contributed by atoms with Crippen LogP contribution < -0.4 is 0 Å². The lowest BCUT2D eigenvalue weighted by molar-refractivity contribution is 0.108. The van der Waals surface area contributed by atoms with E-state index in [1.54, 1.807) is 19.2 Å². The summed E-state index contributed by atoms with van der Waals surface area (Å²) in [4.78, 5) is -0.0293. The van der Waals surface area contributed by atoms with Gasteiger partial charge in [0.25, 0.3) is 10.1 Å². The number of hydrogen-bond donors (Lipinski definition) is 1. The van der Waals surface area contributed by atoms with E-state index in [1.165, 1.54) is 6.07 Å². The number of hydrogen-bond acceptors (Lipinski definition) is 3. The Bertz CT molecular complexity index is 508. The largest absolute Gasteiger partial charge is 0.382 e. The second-order valence-electron chi connectivity index (χ2n) is 4.86. The summed E-state index contributed by atoms with van der Waals surface area (Å²) in [5, 5.41) is 0. The summed E-state index contributed by atoms with van der Waals surface area (Å²) in [6, 6.07) is 4.72. The first-order chi connectivity index (χ1) is 8.84. The predicted molar refractivity (Wildman–Crippen MR) is 75.0 cm³/mol. The smallest absolute Gasteiger partial charge is 0.294 e. The first kappa shape index (κ1) is 16.1. The molecule has 1 rings (SSSR count). The van der Waals surface area contributed by atoms with Crippen LogP contribution in [0.25, 0.3) is 0 Å². The van der Waals surface area contributed by atoms with Crippen LogP contribution in [0.15, 0.2) is 23.1 Å². The highest BCUT2D eigenvalue weighted by atomic mass is 32.2. The Morgan fingerprint density at radius 2 is 2.00 bits per heavy atom. The van der Waals surface area contributed by atoms with Crippen molar-refractivity contribution in [2.24, 2.45) is 0 Å². The molecule has 108 valence electrons. The molecule has 1 N–H and O–H groups in total. The fourth-order valence-electron chi connectivity index (χ4n) is 1.94. The van der Waals surface area contributed by atoms with Gasteiger partial charge < -0.3 is 4.74 Å².